The van der Waals surface area contributed by atoms with Gasteiger partial charge in [0.05, 0.1) is 35.0 Å². The van der Waals surface area contributed by atoms with E-state index in [9.17, 15) is 18.2 Å². The van der Waals surface area contributed by atoms with Crippen LogP contribution in [0.25, 0.3) is 27.7 Å². The lowest BCUT2D eigenvalue weighted by atomic mass is 9.85. The highest BCUT2D eigenvalue weighted by molar-refractivity contribution is 7.98. The number of hydrogen-bond donors (Lipinski definition) is 4. The van der Waals surface area contributed by atoms with Crippen molar-refractivity contribution in [2.24, 2.45) is 16.9 Å². The zero-order valence-electron chi connectivity index (χ0n) is 24.8. The third kappa shape index (κ3) is 6.64. The van der Waals surface area contributed by atoms with Crippen LogP contribution in [0.4, 0.5) is 10.1 Å². The molecule has 1 aliphatic carbocycles. The van der Waals surface area contributed by atoms with Gasteiger partial charge in [0.25, 0.3) is 0 Å². The molecule has 4 N–H and O–H groups in total. The number of hydrogen-bond acceptors (Lipinski definition) is 8. The van der Waals surface area contributed by atoms with E-state index < -0.39 is 21.9 Å². The van der Waals surface area contributed by atoms with E-state index >= 15 is 0 Å². The SMILES string of the molecule is CC(=O)S(=O)NCc1cc(F)cc(-c2cncc3[nH]c(C4=NNC5=CC=C(c6cncc(NC(=O)CC(C)C)c6)CC54)nc23)c1. The van der Waals surface area contributed by atoms with Crippen molar-refractivity contribution >= 4 is 50.0 Å². The number of fused-ring (bicyclic) bond motifs is 2. The van der Waals surface area contributed by atoms with E-state index in [4.69, 9.17) is 4.98 Å². The fourth-order valence-electron chi connectivity index (χ4n) is 5.39. The first kappa shape index (κ1) is 30.2. The number of nitrogens with zero attached hydrogens (tertiary/aromatic N) is 4. The van der Waals surface area contributed by atoms with Gasteiger partial charge in [-0.25, -0.2) is 18.3 Å². The fourth-order valence-corrected chi connectivity index (χ4v) is 5.89. The molecular weight excluding hydrogens is 595 g/mol. The molecule has 0 saturated heterocycles. The largest absolute Gasteiger partial charge is 0.336 e. The zero-order chi connectivity index (χ0) is 31.7. The van der Waals surface area contributed by atoms with Crippen molar-refractivity contribution in [3.8, 4) is 11.1 Å². The molecule has 230 valence electrons. The normalized spacial score (nSPS) is 16.5. The van der Waals surface area contributed by atoms with Crippen molar-refractivity contribution in [2.45, 2.75) is 40.2 Å². The number of hydrazone groups is 1. The molecule has 0 fully saturated rings. The number of anilines is 1. The highest BCUT2D eigenvalue weighted by Gasteiger charge is 2.33. The first-order valence-corrected chi connectivity index (χ1v) is 15.6. The smallest absolute Gasteiger partial charge is 0.231 e. The van der Waals surface area contributed by atoms with Gasteiger partial charge in [-0.15, -0.1) is 0 Å². The molecule has 2 atom stereocenters. The van der Waals surface area contributed by atoms with Crippen molar-refractivity contribution in [3.63, 3.8) is 0 Å². The molecule has 2 unspecified atom stereocenters. The Labute approximate surface area is 261 Å². The summed E-state index contributed by atoms with van der Waals surface area (Å²) in [5, 5.41) is 7.02. The second kappa shape index (κ2) is 12.6. The monoisotopic (exact) mass is 626 g/mol. The fraction of sp³-hybridized carbons (Fsp3) is 0.250. The first-order chi connectivity index (χ1) is 21.6. The van der Waals surface area contributed by atoms with Crippen LogP contribution < -0.4 is 15.5 Å². The maximum atomic E-state index is 14.7. The molecule has 0 spiro atoms. The number of benzene rings is 1. The van der Waals surface area contributed by atoms with Crippen LogP contribution in [0.1, 0.15) is 50.6 Å². The van der Waals surface area contributed by atoms with Crippen molar-refractivity contribution in [1.82, 2.24) is 30.1 Å². The van der Waals surface area contributed by atoms with E-state index in [0.29, 0.717) is 52.1 Å². The van der Waals surface area contributed by atoms with E-state index in [1.165, 1.54) is 19.1 Å². The number of nitrogens with one attached hydrogen (secondary N) is 4. The molecule has 0 saturated carbocycles. The van der Waals surface area contributed by atoms with Crippen LogP contribution in [-0.4, -0.2) is 40.9 Å². The standard InChI is InChI=1S/C32H31FN8O3S/c1-17(2)6-29(43)37-24-10-22(13-34-14-24)20-4-5-27-25(11-20)31(41-40-27)32-38-28-16-35-15-26(30(28)39-32)21-7-19(8-23(33)9-21)12-36-45(44)18(3)42/h4-5,7-10,13-17,25,36,40H,6,11-12H2,1-3H3,(H,37,43)(H,38,39). The lowest BCUT2D eigenvalue weighted by molar-refractivity contribution is -0.116. The Kier molecular flexibility index (Phi) is 8.46. The van der Waals surface area contributed by atoms with E-state index in [-0.39, 0.29) is 24.3 Å². The summed E-state index contributed by atoms with van der Waals surface area (Å²) >= 11 is 0. The predicted molar refractivity (Wildman–Crippen MR) is 171 cm³/mol. The maximum absolute atomic E-state index is 14.7. The zero-order valence-corrected chi connectivity index (χ0v) is 25.7. The minimum atomic E-state index is -1.86. The number of carbonyl (C=O) groups is 2. The van der Waals surface area contributed by atoms with Crippen LogP contribution >= 0.6 is 0 Å². The van der Waals surface area contributed by atoms with Crippen molar-refractivity contribution in [3.05, 3.63) is 89.7 Å². The average Bonchev–Trinajstić information content (AvgIpc) is 3.63. The van der Waals surface area contributed by atoms with Gasteiger partial charge >= 0.3 is 0 Å². The number of rotatable bonds is 9. The molecule has 11 nitrogen and oxygen atoms in total. The predicted octanol–water partition coefficient (Wildman–Crippen LogP) is 4.74. The summed E-state index contributed by atoms with van der Waals surface area (Å²) in [4.78, 5) is 40.6. The summed E-state index contributed by atoms with van der Waals surface area (Å²) < 4.78 is 29.1. The summed E-state index contributed by atoms with van der Waals surface area (Å²) in [5.74, 6) is 0.181. The highest BCUT2D eigenvalue weighted by Crippen LogP contribution is 2.36. The Morgan fingerprint density at radius 3 is 2.69 bits per heavy atom. The molecule has 3 aromatic heterocycles. The topological polar surface area (TPSA) is 154 Å². The number of imidazole rings is 1. The summed E-state index contributed by atoms with van der Waals surface area (Å²) in [6.45, 7) is 5.27. The maximum Gasteiger partial charge on any atom is 0.231 e. The van der Waals surface area contributed by atoms with E-state index in [0.717, 1.165) is 22.5 Å². The van der Waals surface area contributed by atoms with Gasteiger partial charge in [-0.3, -0.25) is 25.0 Å². The molecular formula is C32H31FN8O3S. The molecule has 4 heterocycles. The molecule has 0 bridgehead atoms. The summed E-state index contributed by atoms with van der Waals surface area (Å²) in [5.41, 5.74) is 10.3. The Hall–Kier alpha value is -4.88. The Balaban J connectivity index is 1.25. The Morgan fingerprint density at radius 2 is 1.89 bits per heavy atom. The number of allylic oxidation sites excluding steroid dienone is 4. The summed E-state index contributed by atoms with van der Waals surface area (Å²) in [6.07, 6.45) is 11.8. The van der Waals surface area contributed by atoms with Crippen LogP contribution in [0.2, 0.25) is 0 Å². The molecule has 2 aliphatic rings. The molecule has 0 radical (unpaired) electrons. The van der Waals surface area contributed by atoms with Gasteiger partial charge in [-0.05, 0) is 64.9 Å². The number of amides is 1. The second-order valence-corrected chi connectivity index (χ2v) is 12.8. The van der Waals surface area contributed by atoms with Crippen molar-refractivity contribution in [2.75, 3.05) is 5.32 Å². The third-order valence-electron chi connectivity index (χ3n) is 7.46. The molecule has 1 aliphatic heterocycles. The van der Waals surface area contributed by atoms with Crippen LogP contribution in [0.5, 0.6) is 0 Å². The summed E-state index contributed by atoms with van der Waals surface area (Å²) in [6, 6.07) is 6.38. The lowest BCUT2D eigenvalue weighted by Crippen LogP contribution is -2.21. The number of H-pyrrole nitrogens is 1. The molecule has 6 rings (SSSR count). The lowest BCUT2D eigenvalue weighted by Gasteiger charge is -2.19. The molecule has 13 heteroatoms. The van der Waals surface area contributed by atoms with Gasteiger partial charge in [-0.2, -0.15) is 5.10 Å². The minimum absolute atomic E-state index is 0.0457. The molecule has 4 aromatic rings. The molecule has 45 heavy (non-hydrogen) atoms. The Bertz CT molecular complexity index is 1950. The van der Waals surface area contributed by atoms with Gasteiger partial charge in [0.1, 0.15) is 11.5 Å². The average molecular weight is 627 g/mol. The van der Waals surface area contributed by atoms with Crippen molar-refractivity contribution < 1.29 is 18.2 Å². The van der Waals surface area contributed by atoms with Crippen LogP contribution in [0, 0.1) is 17.7 Å². The van der Waals surface area contributed by atoms with Crippen LogP contribution in [0.3, 0.4) is 0 Å². The highest BCUT2D eigenvalue weighted by atomic mass is 32.2. The Morgan fingerprint density at radius 1 is 1.07 bits per heavy atom. The number of carbonyl (C=O) groups excluding carboxylic acids is 2. The number of aromatic nitrogens is 4. The molecule has 1 amide bonds. The van der Waals surface area contributed by atoms with E-state index in [1.807, 2.05) is 32.1 Å². The third-order valence-corrected chi connectivity index (χ3v) is 8.39. The number of halogens is 1. The number of aromatic amines is 1. The first-order valence-electron chi connectivity index (χ1n) is 14.4. The van der Waals surface area contributed by atoms with Crippen molar-refractivity contribution in [1.29, 1.82) is 0 Å². The second-order valence-electron chi connectivity index (χ2n) is 11.4. The summed E-state index contributed by atoms with van der Waals surface area (Å²) in [7, 11) is -1.86. The van der Waals surface area contributed by atoms with Gasteiger partial charge in [0.2, 0.25) is 11.0 Å². The minimum Gasteiger partial charge on any atom is -0.336 e. The number of pyridine rings is 2. The van der Waals surface area contributed by atoms with Crippen LogP contribution in [0.15, 0.2) is 72.0 Å². The molecule has 1 aromatic carbocycles. The van der Waals surface area contributed by atoms with Gasteiger partial charge < -0.3 is 10.3 Å². The quantitative estimate of drug-likeness (QED) is 0.209. The van der Waals surface area contributed by atoms with Gasteiger partial charge in [0, 0.05) is 43.5 Å². The van der Waals surface area contributed by atoms with E-state index in [1.54, 1.807) is 30.9 Å². The van der Waals surface area contributed by atoms with Gasteiger partial charge in [-0.1, -0.05) is 19.9 Å². The van der Waals surface area contributed by atoms with Gasteiger partial charge in [0.15, 0.2) is 16.8 Å². The van der Waals surface area contributed by atoms with Crippen LogP contribution in [-0.2, 0) is 27.1 Å². The van der Waals surface area contributed by atoms with E-state index in [2.05, 4.69) is 35.5 Å².